The smallest absolute Gasteiger partial charge is 0.335 e. The lowest BCUT2D eigenvalue weighted by molar-refractivity contribution is -0.114. The maximum atomic E-state index is 11.6. The number of nitrogen functional groups attached to an aromatic ring is 1. The number of hydrogen-bond donors (Lipinski definition) is 5. The zero-order chi connectivity index (χ0) is 32.5. The largest absolute Gasteiger partial charge is 0.478 e. The summed E-state index contributed by atoms with van der Waals surface area (Å²) in [6.07, 6.45) is 4.10. The minimum absolute atomic E-state index is 0.0321. The summed E-state index contributed by atoms with van der Waals surface area (Å²) in [5.41, 5.74) is 8.40. The Bertz CT molecular complexity index is 1910. The van der Waals surface area contributed by atoms with Crippen LogP contribution in [0.25, 0.3) is 12.2 Å². The van der Waals surface area contributed by atoms with E-state index in [1.54, 1.807) is 12.1 Å². The number of benzene rings is 4. The van der Waals surface area contributed by atoms with Crippen molar-refractivity contribution in [1.82, 2.24) is 0 Å². The van der Waals surface area contributed by atoms with Crippen LogP contribution in [0.1, 0.15) is 39.5 Å². The topological polar surface area (TPSA) is 201 Å². The summed E-state index contributed by atoms with van der Waals surface area (Å²) < 4.78 is 64.9. The molecule has 13 heteroatoms. The molecule has 4 rings (SSSR count). The maximum Gasteiger partial charge on any atom is 0.335 e. The molecular weight excluding hydrogens is 608 g/mol. The van der Waals surface area contributed by atoms with Crippen LogP contribution in [-0.2, 0) is 37.9 Å². The van der Waals surface area contributed by atoms with Crippen LogP contribution in [-0.4, -0.2) is 42.9 Å². The highest BCUT2D eigenvalue weighted by molar-refractivity contribution is 7.86. The molecule has 44 heavy (non-hydrogen) atoms. The molecular formula is C31H30N2O9S2. The second kappa shape index (κ2) is 14.6. The predicted octanol–water partition coefficient (Wildman–Crippen LogP) is 5.06. The van der Waals surface area contributed by atoms with Crippen LogP contribution in [0.4, 0.5) is 11.4 Å². The third kappa shape index (κ3) is 9.88. The van der Waals surface area contributed by atoms with Crippen molar-refractivity contribution in [3.05, 3.63) is 119 Å². The molecule has 11 nitrogen and oxygen atoms in total. The lowest BCUT2D eigenvalue weighted by Gasteiger charge is -2.08. The summed E-state index contributed by atoms with van der Waals surface area (Å²) in [6, 6.07) is 24.8. The average molecular weight is 639 g/mol. The first-order valence-electron chi connectivity index (χ1n) is 12.9. The summed E-state index contributed by atoms with van der Waals surface area (Å²) in [7, 11) is -9.20. The van der Waals surface area contributed by atoms with Gasteiger partial charge >= 0.3 is 5.97 Å². The molecule has 0 aliphatic heterocycles. The van der Waals surface area contributed by atoms with Crippen molar-refractivity contribution in [2.45, 2.75) is 29.6 Å². The third-order valence-corrected chi connectivity index (χ3v) is 7.96. The number of nitrogens with two attached hydrogens (primary N) is 1. The molecule has 0 fully saturated rings. The van der Waals surface area contributed by atoms with Gasteiger partial charge < -0.3 is 16.2 Å². The van der Waals surface area contributed by atoms with Gasteiger partial charge in [0.15, 0.2) is 0 Å². The number of rotatable bonds is 9. The van der Waals surface area contributed by atoms with E-state index in [-0.39, 0.29) is 22.5 Å². The van der Waals surface area contributed by atoms with Crippen molar-refractivity contribution >= 4 is 55.6 Å². The van der Waals surface area contributed by atoms with Crippen LogP contribution >= 0.6 is 0 Å². The Balaban J connectivity index is 0.000000266. The van der Waals surface area contributed by atoms with E-state index < -0.39 is 41.9 Å². The van der Waals surface area contributed by atoms with Crippen molar-refractivity contribution in [3.8, 4) is 0 Å². The first-order chi connectivity index (χ1) is 20.6. The third-order valence-electron chi connectivity index (χ3n) is 6.14. The van der Waals surface area contributed by atoms with Crippen LogP contribution < -0.4 is 11.1 Å². The van der Waals surface area contributed by atoms with E-state index >= 15 is 0 Å². The monoisotopic (exact) mass is 638 g/mol. The zero-order valence-corrected chi connectivity index (χ0v) is 25.0. The van der Waals surface area contributed by atoms with Gasteiger partial charge in [-0.3, -0.25) is 13.9 Å². The summed E-state index contributed by atoms with van der Waals surface area (Å²) in [4.78, 5) is 21.2. The van der Waals surface area contributed by atoms with E-state index in [0.717, 1.165) is 30.5 Å². The van der Waals surface area contributed by atoms with E-state index in [4.69, 9.17) is 10.8 Å². The summed E-state index contributed by atoms with van der Waals surface area (Å²) >= 11 is 0. The molecule has 0 heterocycles. The van der Waals surface area contributed by atoms with Gasteiger partial charge in [-0.15, -0.1) is 0 Å². The molecule has 0 radical (unpaired) electrons. The molecule has 0 saturated heterocycles. The molecule has 0 aromatic heterocycles. The van der Waals surface area contributed by atoms with Gasteiger partial charge in [-0.25, -0.2) is 4.79 Å². The minimum Gasteiger partial charge on any atom is -0.478 e. The van der Waals surface area contributed by atoms with E-state index in [2.05, 4.69) is 17.4 Å². The maximum absolute atomic E-state index is 11.6. The number of carboxylic acids is 1. The highest BCUT2D eigenvalue weighted by Gasteiger charge is 2.17. The molecule has 4 aromatic rings. The molecule has 4 aromatic carbocycles. The molecule has 230 valence electrons. The van der Waals surface area contributed by atoms with Crippen LogP contribution in [0, 0.1) is 0 Å². The number of nitrogens with one attached hydrogen (secondary N) is 1. The van der Waals surface area contributed by atoms with Crippen LogP contribution in [0.5, 0.6) is 0 Å². The summed E-state index contributed by atoms with van der Waals surface area (Å²) in [5.74, 6) is -1.28. The molecule has 0 saturated carbocycles. The number of carbonyl (C=O) groups is 2. The molecule has 6 N–H and O–H groups in total. The number of carbonyl (C=O) groups excluding carboxylic acids is 1. The number of amides is 1. The molecule has 1 amide bonds. The Morgan fingerprint density at radius 3 is 1.86 bits per heavy atom. The number of aromatic carboxylic acids is 1. The summed E-state index contributed by atoms with van der Waals surface area (Å²) in [6.45, 7) is 1.24. The molecule has 0 bridgehead atoms. The Hall–Kier alpha value is -4.82. The predicted molar refractivity (Wildman–Crippen MR) is 167 cm³/mol. The zero-order valence-electron chi connectivity index (χ0n) is 23.4. The van der Waals surface area contributed by atoms with Crippen LogP contribution in [0.3, 0.4) is 0 Å². The van der Waals surface area contributed by atoms with Gasteiger partial charge in [-0.2, -0.15) is 16.8 Å². The highest BCUT2D eigenvalue weighted by Crippen LogP contribution is 2.25. The number of hydrogen-bond acceptors (Lipinski definition) is 7. The molecule has 0 atom stereocenters. The van der Waals surface area contributed by atoms with Crippen LogP contribution in [0.15, 0.2) is 101 Å². The number of aryl methyl sites for hydroxylation is 2. The average Bonchev–Trinajstić information content (AvgIpc) is 2.95. The van der Waals surface area contributed by atoms with Crippen molar-refractivity contribution in [2.75, 3.05) is 11.1 Å². The fourth-order valence-electron chi connectivity index (χ4n) is 4.14. The normalized spacial score (nSPS) is 11.4. The molecule has 0 unspecified atom stereocenters. The van der Waals surface area contributed by atoms with E-state index in [0.29, 0.717) is 5.56 Å². The Morgan fingerprint density at radius 2 is 1.30 bits per heavy atom. The van der Waals surface area contributed by atoms with Crippen molar-refractivity contribution in [1.29, 1.82) is 0 Å². The minimum atomic E-state index is -4.63. The Labute approximate surface area is 255 Å². The first-order valence-corrected chi connectivity index (χ1v) is 15.8. The molecule has 0 spiro atoms. The number of anilines is 2. The van der Waals surface area contributed by atoms with E-state index in [1.165, 1.54) is 48.9 Å². The van der Waals surface area contributed by atoms with Gasteiger partial charge in [0.2, 0.25) is 5.91 Å². The lowest BCUT2D eigenvalue weighted by atomic mass is 10.00. The summed E-state index contributed by atoms with van der Waals surface area (Å²) in [5, 5.41) is 11.5. The highest BCUT2D eigenvalue weighted by atomic mass is 32.2. The van der Waals surface area contributed by atoms with Gasteiger partial charge in [-0.1, -0.05) is 72.8 Å². The van der Waals surface area contributed by atoms with Gasteiger partial charge in [0, 0.05) is 18.3 Å². The Kier molecular flexibility index (Phi) is 11.2. The lowest BCUT2D eigenvalue weighted by Crippen LogP contribution is -2.08. The standard InChI is InChI=1S/C16H16N2O7S2.C15H14O2/c1-10(19)18-14-7-5-12(16(9-14)27(23,24)25)3-2-11-4-6-13(17)8-15(11)26(20,21)22;16-15(17)14-9-5-4-8-13(14)11-10-12-6-2-1-3-7-12/h2-9H,17H2,1H3,(H,18,19)(H,20,21,22)(H,23,24,25);1-9H,10-11H2,(H,16,17). The van der Waals surface area contributed by atoms with Crippen molar-refractivity contribution in [2.24, 2.45) is 0 Å². The van der Waals surface area contributed by atoms with Gasteiger partial charge in [-0.05, 0) is 65.4 Å². The Morgan fingerprint density at radius 1 is 0.750 bits per heavy atom. The quantitative estimate of drug-likeness (QED) is 0.0937. The van der Waals surface area contributed by atoms with Gasteiger partial charge in [0.25, 0.3) is 20.2 Å². The first kappa shape index (κ1) is 33.7. The fourth-order valence-corrected chi connectivity index (χ4v) is 5.57. The second-order valence-corrected chi connectivity index (χ2v) is 12.2. The van der Waals surface area contributed by atoms with Crippen LogP contribution in [0.2, 0.25) is 0 Å². The van der Waals surface area contributed by atoms with E-state index in [1.807, 2.05) is 30.3 Å². The second-order valence-electron chi connectivity index (χ2n) is 9.46. The fraction of sp³-hybridized carbons (Fsp3) is 0.0968. The SMILES string of the molecule is CC(=O)Nc1ccc(C=Cc2ccc(N)cc2S(=O)(=O)O)c(S(=O)(=O)O)c1.O=C(O)c1ccccc1CCc1ccccc1. The van der Waals surface area contributed by atoms with Gasteiger partial charge in [0.05, 0.1) is 5.56 Å². The van der Waals surface area contributed by atoms with E-state index in [9.17, 15) is 35.5 Å². The van der Waals surface area contributed by atoms with Crippen molar-refractivity contribution in [3.63, 3.8) is 0 Å². The number of carboxylic acid groups (broad SMARTS) is 1. The van der Waals surface area contributed by atoms with Crippen molar-refractivity contribution < 1.29 is 40.6 Å². The molecule has 0 aliphatic rings. The van der Waals surface area contributed by atoms with Gasteiger partial charge in [0.1, 0.15) is 9.79 Å². The molecule has 0 aliphatic carbocycles.